The largest absolute Gasteiger partial charge is 0.395 e. The van der Waals surface area contributed by atoms with Crippen LogP contribution in [0.5, 0.6) is 0 Å². The Bertz CT molecular complexity index is 2610. The zero-order chi connectivity index (χ0) is 50.6. The number of amides is 4. The molecule has 0 radical (unpaired) electrons. The number of quaternary nitrogens is 1. The molecular weight excluding hydrogens is 891 g/mol. The number of likely N-dealkylation sites (tertiary alicyclic amines) is 1. The van der Waals surface area contributed by atoms with Crippen LogP contribution in [0.1, 0.15) is 72.8 Å². The number of anilines is 3. The van der Waals surface area contributed by atoms with Crippen LogP contribution < -0.4 is 15.5 Å². The van der Waals surface area contributed by atoms with Gasteiger partial charge in [-0.3, -0.25) is 23.9 Å². The molecule has 5 heterocycles. The van der Waals surface area contributed by atoms with Gasteiger partial charge < -0.3 is 44.3 Å². The zero-order valence-electron chi connectivity index (χ0n) is 41.1. The number of likely N-dealkylation sites (N-methyl/N-ethyl adjacent to an activating group) is 1. The van der Waals surface area contributed by atoms with Gasteiger partial charge in [0.25, 0.3) is 11.8 Å². The Kier molecular flexibility index (Phi) is 18.4. The second-order valence-corrected chi connectivity index (χ2v) is 17.3. The molecule has 18 nitrogen and oxygen atoms in total. The molecule has 2 saturated heterocycles. The first-order valence-electron chi connectivity index (χ1n) is 23.3. The van der Waals surface area contributed by atoms with Gasteiger partial charge in [-0.1, -0.05) is 26.8 Å². The van der Waals surface area contributed by atoms with Crippen molar-refractivity contribution in [3.63, 3.8) is 0 Å². The van der Waals surface area contributed by atoms with Crippen LogP contribution in [0.3, 0.4) is 0 Å². The molecule has 0 bridgehead atoms. The Labute approximate surface area is 401 Å². The number of aromatic nitrogens is 6. The number of aliphatic hydroxyl groups excluding tert-OH is 1. The number of aliphatic hydroxyl groups is 1. The number of piperazine rings is 1. The van der Waals surface area contributed by atoms with Crippen molar-refractivity contribution in [1.29, 1.82) is 0 Å². The molecule has 7 rings (SSSR count). The molecular formula is C49H65F2N12O6+. The van der Waals surface area contributed by atoms with Gasteiger partial charge in [0, 0.05) is 93.3 Å². The molecule has 3 N–H and O–H groups in total. The number of carbonyl (C=O) groups is 5. The molecule has 2 aromatic carbocycles. The zero-order valence-corrected chi connectivity index (χ0v) is 41.1. The van der Waals surface area contributed by atoms with Gasteiger partial charge in [-0.2, -0.15) is 5.10 Å². The van der Waals surface area contributed by atoms with E-state index >= 15 is 8.78 Å². The summed E-state index contributed by atoms with van der Waals surface area (Å²) in [6.07, 6.45) is 5.13. The van der Waals surface area contributed by atoms with E-state index < -0.39 is 23.4 Å². The number of aryl methyl sites for hydroxylation is 2. The first-order valence-corrected chi connectivity index (χ1v) is 23.3. The fourth-order valence-electron chi connectivity index (χ4n) is 8.35. The van der Waals surface area contributed by atoms with Crippen LogP contribution in [0.2, 0.25) is 0 Å². The number of benzene rings is 2. The van der Waals surface area contributed by atoms with Crippen LogP contribution in [-0.4, -0.2) is 152 Å². The van der Waals surface area contributed by atoms with E-state index in [4.69, 9.17) is 0 Å². The van der Waals surface area contributed by atoms with Crippen LogP contribution in [0.25, 0.3) is 22.4 Å². The Morgan fingerprint density at radius 1 is 0.913 bits per heavy atom. The predicted octanol–water partition coefficient (Wildman–Crippen LogP) is 5.35. The minimum absolute atomic E-state index is 0.0219. The molecule has 2 aliphatic rings. The highest BCUT2D eigenvalue weighted by molar-refractivity contribution is 6.03. The van der Waals surface area contributed by atoms with Crippen molar-refractivity contribution in [2.45, 2.75) is 60.9 Å². The van der Waals surface area contributed by atoms with E-state index in [0.717, 1.165) is 30.3 Å². The number of rotatable bonds is 14. The fourth-order valence-corrected chi connectivity index (χ4v) is 8.35. The molecule has 0 aliphatic carbocycles. The molecule has 4 amide bonds. The predicted molar refractivity (Wildman–Crippen MR) is 259 cm³/mol. The van der Waals surface area contributed by atoms with Gasteiger partial charge in [0.2, 0.25) is 11.8 Å². The molecule has 2 aliphatic heterocycles. The van der Waals surface area contributed by atoms with Gasteiger partial charge in [0.05, 0.1) is 57.3 Å². The van der Waals surface area contributed by atoms with Gasteiger partial charge in [0.1, 0.15) is 12.8 Å². The molecule has 20 heteroatoms. The van der Waals surface area contributed by atoms with E-state index in [2.05, 4.69) is 45.0 Å². The Hall–Kier alpha value is -6.93. The monoisotopic (exact) mass is 956 g/mol. The molecule has 2 fully saturated rings. The highest BCUT2D eigenvalue weighted by Gasteiger charge is 2.39. The number of nitrogens with zero attached hydrogens (tertiary/aromatic N) is 10. The highest BCUT2D eigenvalue weighted by Crippen LogP contribution is 2.33. The van der Waals surface area contributed by atoms with Crippen molar-refractivity contribution in [2.75, 3.05) is 88.6 Å². The standard InChI is InChI=1S/C44H52F2N12O5.C3H6O.C2H6/c1-7-54(19-21-59)37-13-12-36(50-51-37)49-38(60)25-57-24-34(28(3)52-57)32-10-11-33(40(46)39(32)45)35-23-47-41(53(35)4)42(61)48-30-8-9-31(27(2)22-30)44(63)56-17-15-55(16-18-56)43(62)29-14-20-58(5,6)26-29;1-2-3-4;1-2/h8-13,22-24,29,59H,7,14-21,25-26H2,1-6H3,(H-,48,49,50,60,61,63);3H,2H2,1H3;1-2H3/p+1. The minimum atomic E-state index is -1.16. The summed E-state index contributed by atoms with van der Waals surface area (Å²) in [6.45, 7) is 15.5. The van der Waals surface area contributed by atoms with Gasteiger partial charge in [-0.05, 0) is 62.7 Å². The molecule has 5 aromatic rings. The Balaban J connectivity index is 0.00000141. The SMILES string of the molecule is CC.CCC=O.CCN(CCO)c1ccc(NC(=O)Cn2cc(-c3ccc(-c4cnc(C(=O)Nc5ccc(C(=O)N6CCN(C(=O)C7CC[N+](C)(C)C7)CC6)c(C)c5)n4C)c(F)c3F)c(C)n2)nn1. The van der Waals surface area contributed by atoms with Crippen molar-refractivity contribution >= 4 is 47.2 Å². The van der Waals surface area contributed by atoms with Crippen LogP contribution in [-0.2, 0) is 28.0 Å². The summed E-state index contributed by atoms with van der Waals surface area (Å²) in [7, 11) is 5.80. The smallest absolute Gasteiger partial charge is 0.291 e. The maximum atomic E-state index is 15.8. The first kappa shape index (κ1) is 53.0. The minimum Gasteiger partial charge on any atom is -0.395 e. The number of hydrogen-bond acceptors (Lipinski definition) is 11. The summed E-state index contributed by atoms with van der Waals surface area (Å²) >= 11 is 0. The third-order valence-electron chi connectivity index (χ3n) is 12.0. The Morgan fingerprint density at radius 3 is 2.17 bits per heavy atom. The van der Waals surface area contributed by atoms with E-state index in [1.54, 1.807) is 49.1 Å². The van der Waals surface area contributed by atoms with E-state index in [1.807, 2.05) is 37.5 Å². The normalized spacial score (nSPS) is 15.0. The average molecular weight is 956 g/mol. The number of halogens is 2. The highest BCUT2D eigenvalue weighted by atomic mass is 19.2. The van der Waals surface area contributed by atoms with E-state index in [1.165, 1.54) is 40.8 Å². The lowest BCUT2D eigenvalue weighted by molar-refractivity contribution is -0.878. The molecule has 3 aromatic heterocycles. The van der Waals surface area contributed by atoms with Crippen LogP contribution in [0.4, 0.5) is 26.1 Å². The van der Waals surface area contributed by atoms with Crippen LogP contribution >= 0.6 is 0 Å². The second-order valence-electron chi connectivity index (χ2n) is 17.3. The van der Waals surface area contributed by atoms with Gasteiger partial charge in [0.15, 0.2) is 29.1 Å². The third kappa shape index (κ3) is 12.8. The number of nitrogens with one attached hydrogen (secondary N) is 2. The van der Waals surface area contributed by atoms with Gasteiger partial charge in [-0.25, -0.2) is 13.8 Å². The Morgan fingerprint density at radius 2 is 1.58 bits per heavy atom. The molecule has 1 atom stereocenters. The molecule has 0 spiro atoms. The lowest BCUT2D eigenvalue weighted by Gasteiger charge is -2.36. The summed E-state index contributed by atoms with van der Waals surface area (Å²) in [5.74, 6) is -2.60. The summed E-state index contributed by atoms with van der Waals surface area (Å²) in [5.41, 5.74) is 2.18. The van der Waals surface area contributed by atoms with Crippen LogP contribution in [0, 0.1) is 31.4 Å². The van der Waals surface area contributed by atoms with Crippen molar-refractivity contribution in [1.82, 2.24) is 39.3 Å². The third-order valence-corrected chi connectivity index (χ3v) is 12.0. The van der Waals surface area contributed by atoms with Crippen molar-refractivity contribution in [3.05, 3.63) is 89.1 Å². The molecule has 0 saturated carbocycles. The van der Waals surface area contributed by atoms with E-state index in [-0.39, 0.29) is 64.9 Å². The topological polar surface area (TPSA) is 201 Å². The van der Waals surface area contributed by atoms with Crippen molar-refractivity contribution < 1.29 is 42.3 Å². The molecule has 69 heavy (non-hydrogen) atoms. The van der Waals surface area contributed by atoms with Crippen molar-refractivity contribution in [3.8, 4) is 22.4 Å². The molecule has 1 unspecified atom stereocenters. The van der Waals surface area contributed by atoms with Gasteiger partial charge >= 0.3 is 0 Å². The van der Waals surface area contributed by atoms with Crippen LogP contribution in [0.15, 0.2) is 54.9 Å². The maximum absolute atomic E-state index is 15.8. The second kappa shape index (κ2) is 23.9. The maximum Gasteiger partial charge on any atom is 0.291 e. The average Bonchev–Trinajstić information content (AvgIpc) is 4.03. The van der Waals surface area contributed by atoms with Gasteiger partial charge in [-0.15, -0.1) is 10.2 Å². The van der Waals surface area contributed by atoms with E-state index in [9.17, 15) is 29.1 Å². The first-order chi connectivity index (χ1) is 33.0. The fraction of sp³-hybridized carbons (Fsp3) is 0.449. The summed E-state index contributed by atoms with van der Waals surface area (Å²) in [6, 6.07) is 11.0. The summed E-state index contributed by atoms with van der Waals surface area (Å²) in [4.78, 5) is 71.7. The lowest BCUT2D eigenvalue weighted by atomic mass is 10.0. The lowest BCUT2D eigenvalue weighted by Crippen LogP contribution is -2.52. The summed E-state index contributed by atoms with van der Waals surface area (Å²) < 4.78 is 35.2. The molecule has 370 valence electrons. The summed E-state index contributed by atoms with van der Waals surface area (Å²) in [5, 5.41) is 27.2. The van der Waals surface area contributed by atoms with Crippen molar-refractivity contribution in [2.24, 2.45) is 13.0 Å². The number of carbonyl (C=O) groups excluding carboxylic acids is 5. The number of imidazole rings is 1. The number of hydrogen-bond donors (Lipinski definition) is 3. The quantitative estimate of drug-likeness (QED) is 0.0958. The van der Waals surface area contributed by atoms with E-state index in [0.29, 0.717) is 74.0 Å². The number of aldehydes is 1.